The highest BCUT2D eigenvalue weighted by atomic mass is 16.4. The van der Waals surface area contributed by atoms with Crippen LogP contribution in [0, 0.1) is 11.3 Å². The van der Waals surface area contributed by atoms with Gasteiger partial charge in [0.25, 0.3) is 0 Å². The maximum Gasteiger partial charge on any atom is 0.331 e. The molecule has 0 fully saturated rings. The van der Waals surface area contributed by atoms with E-state index in [9.17, 15) is 9.59 Å². The summed E-state index contributed by atoms with van der Waals surface area (Å²) >= 11 is 0. The number of carboxylic acid groups (broad SMARTS) is 2. The van der Waals surface area contributed by atoms with E-state index in [-0.39, 0.29) is 5.57 Å². The molecule has 0 radical (unpaired) electrons. The Morgan fingerprint density at radius 2 is 2.00 bits per heavy atom. The average Bonchev–Trinajstić information content (AvgIpc) is 2.09. The Hall–Kier alpha value is -1.58. The number of hydrogen-bond acceptors (Lipinski definition) is 2. The normalized spacial score (nSPS) is 31.0. The monoisotopic (exact) mass is 196 g/mol. The molecule has 1 aliphatic rings. The van der Waals surface area contributed by atoms with Gasteiger partial charge in [0, 0.05) is 11.5 Å². The van der Waals surface area contributed by atoms with Gasteiger partial charge in [-0.1, -0.05) is 25.2 Å². The van der Waals surface area contributed by atoms with Crippen LogP contribution in [0.4, 0.5) is 0 Å². The summed E-state index contributed by atoms with van der Waals surface area (Å²) in [7, 11) is 0. The first-order valence-corrected chi connectivity index (χ1v) is 4.25. The number of aliphatic carboxylic acids is 2. The van der Waals surface area contributed by atoms with Gasteiger partial charge in [-0.25, -0.2) is 4.79 Å². The van der Waals surface area contributed by atoms with Gasteiger partial charge in [-0.2, -0.15) is 0 Å². The topological polar surface area (TPSA) is 74.6 Å². The lowest BCUT2D eigenvalue weighted by atomic mass is 9.71. The van der Waals surface area contributed by atoms with Crippen molar-refractivity contribution in [2.75, 3.05) is 0 Å². The summed E-state index contributed by atoms with van der Waals surface area (Å²) in [5, 5.41) is 17.8. The van der Waals surface area contributed by atoms with Gasteiger partial charge in [-0.05, 0) is 6.92 Å². The second kappa shape index (κ2) is 3.29. The molecule has 0 saturated heterocycles. The highest BCUT2D eigenvalue weighted by molar-refractivity contribution is 5.91. The van der Waals surface area contributed by atoms with Gasteiger partial charge >= 0.3 is 11.9 Å². The number of carbonyl (C=O) groups is 2. The zero-order chi connectivity index (χ0) is 10.9. The Balaban J connectivity index is 3.11. The van der Waals surface area contributed by atoms with Crippen LogP contribution in [0.25, 0.3) is 0 Å². The van der Waals surface area contributed by atoms with E-state index in [0.717, 1.165) is 0 Å². The Morgan fingerprint density at radius 1 is 1.43 bits per heavy atom. The number of hydrogen-bond donors (Lipinski definition) is 2. The third-order valence-corrected chi connectivity index (χ3v) is 2.79. The van der Waals surface area contributed by atoms with Crippen LogP contribution in [0.5, 0.6) is 0 Å². The summed E-state index contributed by atoms with van der Waals surface area (Å²) in [5.74, 6) is -2.59. The van der Waals surface area contributed by atoms with Gasteiger partial charge in [0.1, 0.15) is 0 Å². The lowest BCUT2D eigenvalue weighted by molar-refractivity contribution is -0.147. The molecule has 0 saturated carbocycles. The summed E-state index contributed by atoms with van der Waals surface area (Å²) in [4.78, 5) is 21.8. The molecule has 2 unspecified atom stereocenters. The largest absolute Gasteiger partial charge is 0.481 e. The summed E-state index contributed by atoms with van der Waals surface area (Å²) in [6, 6.07) is 0. The third-order valence-electron chi connectivity index (χ3n) is 2.79. The quantitative estimate of drug-likeness (QED) is 0.697. The van der Waals surface area contributed by atoms with Crippen molar-refractivity contribution in [3.63, 3.8) is 0 Å². The van der Waals surface area contributed by atoms with E-state index in [1.807, 2.05) is 0 Å². The predicted octanol–water partition coefficient (Wildman–Crippen LogP) is 1.29. The van der Waals surface area contributed by atoms with Crippen LogP contribution in [-0.4, -0.2) is 22.2 Å². The van der Waals surface area contributed by atoms with E-state index in [1.54, 1.807) is 6.92 Å². The van der Waals surface area contributed by atoms with Crippen LogP contribution in [0.15, 0.2) is 23.8 Å². The van der Waals surface area contributed by atoms with Crippen molar-refractivity contribution in [3.05, 3.63) is 23.8 Å². The minimum atomic E-state index is -1.12. The molecule has 1 aliphatic carbocycles. The van der Waals surface area contributed by atoms with E-state index in [2.05, 4.69) is 0 Å². The summed E-state index contributed by atoms with van der Waals surface area (Å²) < 4.78 is 0. The molecule has 0 aromatic heterocycles. The third kappa shape index (κ3) is 1.43. The molecular weight excluding hydrogens is 184 g/mol. The number of rotatable bonds is 2. The molecule has 0 spiro atoms. The average molecular weight is 196 g/mol. The summed E-state index contributed by atoms with van der Waals surface area (Å²) in [6.45, 7) is 3.13. The SMILES string of the molecule is CC1C(C(=O)O)=CC=CC1(C)C(=O)O. The lowest BCUT2D eigenvalue weighted by Crippen LogP contribution is -2.36. The Morgan fingerprint density at radius 3 is 2.43 bits per heavy atom. The van der Waals surface area contributed by atoms with Crippen LogP contribution < -0.4 is 0 Å². The van der Waals surface area contributed by atoms with Crippen molar-refractivity contribution in [2.24, 2.45) is 11.3 Å². The van der Waals surface area contributed by atoms with E-state index < -0.39 is 23.3 Å². The molecule has 0 aliphatic heterocycles. The smallest absolute Gasteiger partial charge is 0.331 e. The first-order chi connectivity index (χ1) is 6.39. The van der Waals surface area contributed by atoms with Crippen molar-refractivity contribution in [2.45, 2.75) is 13.8 Å². The number of allylic oxidation sites excluding steroid dienone is 2. The van der Waals surface area contributed by atoms with Gasteiger partial charge in [0.2, 0.25) is 0 Å². The Bertz CT molecular complexity index is 340. The fourth-order valence-electron chi connectivity index (χ4n) is 1.48. The van der Waals surface area contributed by atoms with Gasteiger partial charge in [-0.15, -0.1) is 0 Å². The zero-order valence-electron chi connectivity index (χ0n) is 8.02. The zero-order valence-corrected chi connectivity index (χ0v) is 8.02. The van der Waals surface area contributed by atoms with Gasteiger partial charge in [0.15, 0.2) is 0 Å². The molecule has 4 heteroatoms. The molecule has 0 bridgehead atoms. The van der Waals surface area contributed by atoms with E-state index in [1.165, 1.54) is 25.2 Å². The molecule has 76 valence electrons. The first kappa shape index (κ1) is 10.5. The van der Waals surface area contributed by atoms with Crippen molar-refractivity contribution >= 4 is 11.9 Å². The van der Waals surface area contributed by atoms with Gasteiger partial charge in [-0.3, -0.25) is 4.79 Å². The van der Waals surface area contributed by atoms with Crippen LogP contribution in [-0.2, 0) is 9.59 Å². The summed E-state index contributed by atoms with van der Waals surface area (Å²) in [5.41, 5.74) is -0.986. The van der Waals surface area contributed by atoms with Crippen LogP contribution in [0.1, 0.15) is 13.8 Å². The minimum absolute atomic E-state index is 0.136. The molecular formula is C10H12O4. The molecule has 1 rings (SSSR count). The molecule has 0 aromatic carbocycles. The van der Waals surface area contributed by atoms with Crippen molar-refractivity contribution in [3.8, 4) is 0 Å². The lowest BCUT2D eigenvalue weighted by Gasteiger charge is -2.30. The van der Waals surface area contributed by atoms with Crippen LogP contribution in [0.2, 0.25) is 0 Å². The Kier molecular flexibility index (Phi) is 2.47. The fraction of sp³-hybridized carbons (Fsp3) is 0.400. The summed E-state index contributed by atoms with van der Waals surface area (Å²) in [6.07, 6.45) is 4.45. The van der Waals surface area contributed by atoms with Crippen molar-refractivity contribution in [1.29, 1.82) is 0 Å². The predicted molar refractivity (Wildman–Crippen MR) is 49.8 cm³/mol. The van der Waals surface area contributed by atoms with Crippen molar-refractivity contribution < 1.29 is 19.8 Å². The van der Waals surface area contributed by atoms with Crippen LogP contribution in [0.3, 0.4) is 0 Å². The highest BCUT2D eigenvalue weighted by Crippen LogP contribution is 2.37. The second-order valence-electron chi connectivity index (χ2n) is 3.60. The van der Waals surface area contributed by atoms with Gasteiger partial charge in [0.05, 0.1) is 5.41 Å². The Labute approximate surface area is 81.6 Å². The molecule has 2 atom stereocenters. The molecule has 0 aromatic rings. The maximum atomic E-state index is 11.0. The highest BCUT2D eigenvalue weighted by Gasteiger charge is 2.41. The minimum Gasteiger partial charge on any atom is -0.481 e. The number of carboxylic acids is 2. The molecule has 0 heterocycles. The standard InChI is InChI=1S/C10H12O4/c1-6-7(8(11)12)4-3-5-10(6,2)9(13)14/h3-6H,1-2H3,(H,11,12)(H,13,14). The van der Waals surface area contributed by atoms with E-state index >= 15 is 0 Å². The molecule has 2 N–H and O–H groups in total. The fourth-order valence-corrected chi connectivity index (χ4v) is 1.48. The van der Waals surface area contributed by atoms with Crippen molar-refractivity contribution in [1.82, 2.24) is 0 Å². The van der Waals surface area contributed by atoms with E-state index in [0.29, 0.717) is 0 Å². The molecule has 0 amide bonds. The molecule has 4 nitrogen and oxygen atoms in total. The first-order valence-electron chi connectivity index (χ1n) is 4.25. The van der Waals surface area contributed by atoms with Gasteiger partial charge < -0.3 is 10.2 Å². The maximum absolute atomic E-state index is 11.0. The molecule has 14 heavy (non-hydrogen) atoms. The second-order valence-corrected chi connectivity index (χ2v) is 3.60. The van der Waals surface area contributed by atoms with E-state index in [4.69, 9.17) is 10.2 Å². The van der Waals surface area contributed by atoms with Crippen LogP contribution >= 0.6 is 0 Å².